The van der Waals surface area contributed by atoms with Gasteiger partial charge < -0.3 is 23.5 Å². The van der Waals surface area contributed by atoms with Crippen molar-refractivity contribution in [2.75, 3.05) is 35.0 Å². The zero-order valence-electron chi connectivity index (χ0n) is 18.4. The smallest absolute Gasteiger partial charge is 0.247 e. The second-order valence-electron chi connectivity index (χ2n) is 7.27. The average molecular weight is 459 g/mol. The molecule has 3 aromatic rings. The quantitative estimate of drug-likeness (QED) is 0.541. The van der Waals surface area contributed by atoms with E-state index in [0.29, 0.717) is 29.4 Å². The molecule has 0 radical (unpaired) electrons. The van der Waals surface area contributed by atoms with Gasteiger partial charge in [0.1, 0.15) is 27.9 Å². The topological polar surface area (TPSA) is 79.2 Å². The van der Waals surface area contributed by atoms with Crippen molar-refractivity contribution in [1.82, 2.24) is 8.87 Å². The molecule has 0 N–H and O–H groups in total. The van der Waals surface area contributed by atoms with E-state index in [0.717, 1.165) is 5.69 Å². The Morgan fingerprint density at radius 2 is 1.47 bits per heavy atom. The third-order valence-electron chi connectivity index (χ3n) is 5.68. The number of methoxy groups -OCH3 is 4. The van der Waals surface area contributed by atoms with E-state index in [2.05, 4.69) is 4.57 Å². The maximum atomic E-state index is 14.0. The van der Waals surface area contributed by atoms with Crippen molar-refractivity contribution in [3.05, 3.63) is 66.0 Å². The molecule has 1 aliphatic heterocycles. The number of ether oxygens (including phenoxy) is 4. The van der Waals surface area contributed by atoms with Crippen LogP contribution in [0.1, 0.15) is 17.3 Å². The predicted molar refractivity (Wildman–Crippen MR) is 119 cm³/mol. The molecule has 0 saturated carbocycles. The molecule has 1 atom stereocenters. The second kappa shape index (κ2) is 8.76. The van der Waals surface area contributed by atoms with E-state index in [9.17, 15) is 8.42 Å². The zero-order valence-corrected chi connectivity index (χ0v) is 19.3. The van der Waals surface area contributed by atoms with E-state index < -0.39 is 16.1 Å². The highest BCUT2D eigenvalue weighted by atomic mass is 32.2. The van der Waals surface area contributed by atoms with Crippen LogP contribution in [0.5, 0.6) is 23.0 Å². The summed E-state index contributed by atoms with van der Waals surface area (Å²) in [6.45, 7) is 0.798. The molecule has 0 saturated heterocycles. The van der Waals surface area contributed by atoms with Crippen LogP contribution < -0.4 is 18.9 Å². The van der Waals surface area contributed by atoms with Gasteiger partial charge in [-0.2, -0.15) is 4.31 Å². The number of aromatic nitrogens is 1. The van der Waals surface area contributed by atoms with E-state index in [1.807, 2.05) is 24.4 Å². The van der Waals surface area contributed by atoms with Gasteiger partial charge in [-0.1, -0.05) is 0 Å². The number of benzene rings is 2. The van der Waals surface area contributed by atoms with Crippen molar-refractivity contribution in [3.8, 4) is 23.0 Å². The molecule has 170 valence electrons. The van der Waals surface area contributed by atoms with E-state index in [-0.39, 0.29) is 17.2 Å². The zero-order chi connectivity index (χ0) is 22.9. The van der Waals surface area contributed by atoms with Crippen LogP contribution in [-0.2, 0) is 16.6 Å². The first-order chi connectivity index (χ1) is 15.4. The second-order valence-corrected chi connectivity index (χ2v) is 9.13. The van der Waals surface area contributed by atoms with Gasteiger partial charge in [0.15, 0.2) is 0 Å². The Labute approximate surface area is 187 Å². The monoisotopic (exact) mass is 458 g/mol. The Morgan fingerprint density at radius 3 is 2.12 bits per heavy atom. The Morgan fingerprint density at radius 1 is 0.812 bits per heavy atom. The SMILES string of the molecule is COc1ccc(OC)c([C@H]2c3cccn3CCN2S(=O)(=O)c2cc(OC)ccc2OC)c1. The lowest BCUT2D eigenvalue weighted by Crippen LogP contribution is -2.42. The lowest BCUT2D eigenvalue weighted by molar-refractivity contribution is 0.288. The first kappa shape index (κ1) is 22.0. The summed E-state index contributed by atoms with van der Waals surface area (Å²) in [5, 5.41) is 0. The molecule has 9 heteroatoms. The van der Waals surface area contributed by atoms with Gasteiger partial charge in [-0.05, 0) is 42.5 Å². The summed E-state index contributed by atoms with van der Waals surface area (Å²) in [6.07, 6.45) is 1.95. The highest BCUT2D eigenvalue weighted by Gasteiger charge is 2.40. The highest BCUT2D eigenvalue weighted by Crippen LogP contribution is 2.43. The van der Waals surface area contributed by atoms with Crippen molar-refractivity contribution < 1.29 is 27.4 Å². The molecule has 0 amide bonds. The molecule has 0 aliphatic carbocycles. The Hall–Kier alpha value is -3.17. The van der Waals surface area contributed by atoms with Crippen molar-refractivity contribution in [2.24, 2.45) is 0 Å². The molecule has 2 aromatic carbocycles. The van der Waals surface area contributed by atoms with Crippen molar-refractivity contribution in [1.29, 1.82) is 0 Å². The summed E-state index contributed by atoms with van der Waals surface area (Å²) >= 11 is 0. The molecule has 32 heavy (non-hydrogen) atoms. The number of hydrogen-bond donors (Lipinski definition) is 0. The predicted octanol–water partition coefficient (Wildman–Crippen LogP) is 3.32. The van der Waals surface area contributed by atoms with Gasteiger partial charge in [0, 0.05) is 36.6 Å². The van der Waals surface area contributed by atoms with Crippen LogP contribution in [0, 0.1) is 0 Å². The van der Waals surface area contributed by atoms with Gasteiger partial charge in [-0.25, -0.2) is 8.42 Å². The molecule has 8 nitrogen and oxygen atoms in total. The largest absolute Gasteiger partial charge is 0.497 e. The van der Waals surface area contributed by atoms with Crippen LogP contribution in [0.15, 0.2) is 59.6 Å². The van der Waals surface area contributed by atoms with E-state index in [1.165, 1.54) is 24.6 Å². The minimum absolute atomic E-state index is 0.0474. The van der Waals surface area contributed by atoms with Gasteiger partial charge in [-0.15, -0.1) is 0 Å². The molecule has 1 aromatic heterocycles. The van der Waals surface area contributed by atoms with Crippen molar-refractivity contribution in [3.63, 3.8) is 0 Å². The maximum Gasteiger partial charge on any atom is 0.247 e. The molecular formula is C23H26N2O6S. The molecule has 2 heterocycles. The Kier molecular flexibility index (Phi) is 6.03. The van der Waals surface area contributed by atoms with Crippen molar-refractivity contribution in [2.45, 2.75) is 17.5 Å². The summed E-state index contributed by atoms with van der Waals surface area (Å²) < 4.78 is 53.3. The standard InChI is InChI=1S/C23H26N2O6S/c1-28-16-7-9-20(30-3)18(14-16)23-19-6-5-11-24(19)12-13-25(23)32(26,27)22-15-17(29-2)8-10-21(22)31-4/h5-11,14-15,23H,12-13H2,1-4H3/t23-/m0/s1. The maximum absolute atomic E-state index is 14.0. The third-order valence-corrected chi connectivity index (χ3v) is 7.57. The van der Waals surface area contributed by atoms with E-state index >= 15 is 0 Å². The summed E-state index contributed by atoms with van der Waals surface area (Å²) in [4.78, 5) is 0.0474. The van der Waals surface area contributed by atoms with Gasteiger partial charge in [-0.3, -0.25) is 0 Å². The minimum atomic E-state index is -3.98. The molecule has 0 fully saturated rings. The fourth-order valence-electron chi connectivity index (χ4n) is 4.10. The van der Waals surface area contributed by atoms with Crippen LogP contribution in [0.25, 0.3) is 0 Å². The third kappa shape index (κ3) is 3.67. The average Bonchev–Trinajstić information content (AvgIpc) is 3.31. The fraction of sp³-hybridized carbons (Fsp3) is 0.304. The molecule has 1 aliphatic rings. The fourth-order valence-corrected chi connectivity index (χ4v) is 5.84. The molecule has 0 spiro atoms. The Balaban J connectivity index is 1.93. The summed E-state index contributed by atoms with van der Waals surface area (Å²) in [5.41, 5.74) is 1.53. The molecule has 0 bridgehead atoms. The number of rotatable bonds is 7. The van der Waals surface area contributed by atoms with Gasteiger partial charge >= 0.3 is 0 Å². The first-order valence-electron chi connectivity index (χ1n) is 10.1. The van der Waals surface area contributed by atoms with E-state index in [4.69, 9.17) is 18.9 Å². The summed E-state index contributed by atoms with van der Waals surface area (Å²) in [5.74, 6) is 1.87. The minimum Gasteiger partial charge on any atom is -0.497 e. The molecular weight excluding hydrogens is 432 g/mol. The molecule has 0 unspecified atom stereocenters. The van der Waals surface area contributed by atoms with Crippen LogP contribution in [0.2, 0.25) is 0 Å². The van der Waals surface area contributed by atoms with Gasteiger partial charge in [0.05, 0.1) is 34.5 Å². The number of sulfonamides is 1. The van der Waals surface area contributed by atoms with Crippen LogP contribution >= 0.6 is 0 Å². The molecule has 4 rings (SSSR count). The van der Waals surface area contributed by atoms with Gasteiger partial charge in [0.25, 0.3) is 0 Å². The van der Waals surface area contributed by atoms with Crippen molar-refractivity contribution >= 4 is 10.0 Å². The summed E-state index contributed by atoms with van der Waals surface area (Å²) in [6, 6.07) is 13.4. The van der Waals surface area contributed by atoms with Gasteiger partial charge in [0.2, 0.25) is 10.0 Å². The number of hydrogen-bond acceptors (Lipinski definition) is 6. The normalized spacial score (nSPS) is 16.3. The van der Waals surface area contributed by atoms with Crippen LogP contribution in [-0.4, -0.2) is 52.3 Å². The van der Waals surface area contributed by atoms with Crippen LogP contribution in [0.3, 0.4) is 0 Å². The first-order valence-corrected chi connectivity index (χ1v) is 11.5. The lowest BCUT2D eigenvalue weighted by atomic mass is 10.0. The number of fused-ring (bicyclic) bond motifs is 1. The highest BCUT2D eigenvalue weighted by molar-refractivity contribution is 7.89. The Bertz CT molecular complexity index is 1220. The summed E-state index contributed by atoms with van der Waals surface area (Å²) in [7, 11) is 2.10. The lowest BCUT2D eigenvalue weighted by Gasteiger charge is -2.37. The number of nitrogens with zero attached hydrogens (tertiary/aromatic N) is 2. The van der Waals surface area contributed by atoms with E-state index in [1.54, 1.807) is 38.5 Å². The van der Waals surface area contributed by atoms with Crippen LogP contribution in [0.4, 0.5) is 0 Å².